The number of methoxy groups -OCH3 is 1. The zero-order valence-electron chi connectivity index (χ0n) is 18.5. The van der Waals surface area contributed by atoms with E-state index in [0.717, 1.165) is 5.56 Å². The van der Waals surface area contributed by atoms with Gasteiger partial charge in [-0.1, -0.05) is 60.7 Å². The number of carbonyl (C=O) groups is 3. The van der Waals surface area contributed by atoms with Crippen molar-refractivity contribution in [2.75, 3.05) is 7.11 Å². The molecule has 3 atom stereocenters. The van der Waals surface area contributed by atoms with Gasteiger partial charge in [0.1, 0.15) is 12.0 Å². The smallest absolute Gasteiger partial charge is 0.355 e. The Balaban J connectivity index is 1.74. The Hall–Kier alpha value is -2.84. The van der Waals surface area contributed by atoms with Crippen LogP contribution < -0.4 is 5.32 Å². The van der Waals surface area contributed by atoms with Crippen LogP contribution in [0.4, 0.5) is 0 Å². The minimum absolute atomic E-state index is 0.0303. The molecule has 1 unspecified atom stereocenters. The summed E-state index contributed by atoms with van der Waals surface area (Å²) in [5, 5.41) is 2.25. The Morgan fingerprint density at radius 1 is 1.06 bits per heavy atom. The minimum atomic E-state index is -1.67. The van der Waals surface area contributed by atoms with Crippen molar-refractivity contribution in [3.63, 3.8) is 0 Å². The van der Waals surface area contributed by atoms with Crippen LogP contribution in [0.1, 0.15) is 31.9 Å². The summed E-state index contributed by atoms with van der Waals surface area (Å²) in [6.45, 7) is 5.01. The van der Waals surface area contributed by atoms with Gasteiger partial charge in [0.15, 0.2) is 0 Å². The van der Waals surface area contributed by atoms with Gasteiger partial charge >= 0.3 is 5.97 Å². The van der Waals surface area contributed by atoms with Crippen molar-refractivity contribution in [1.29, 1.82) is 0 Å². The highest BCUT2D eigenvalue weighted by atomic mass is 32.2. The SMILES string of the molecule is COC1(c2ccccc2)C(=O)N2[C@@H]1SC(C)(C)[C@]2(NC(C)=O)C(=O)OCc1ccccc1. The fourth-order valence-electron chi connectivity index (χ4n) is 4.57. The van der Waals surface area contributed by atoms with E-state index in [1.54, 1.807) is 0 Å². The number of nitrogens with zero attached hydrogens (tertiary/aromatic N) is 1. The van der Waals surface area contributed by atoms with Crippen molar-refractivity contribution in [1.82, 2.24) is 10.2 Å². The normalized spacial score (nSPS) is 27.9. The molecular weight excluding hydrogens is 428 g/mol. The maximum Gasteiger partial charge on any atom is 0.355 e. The summed E-state index contributed by atoms with van der Waals surface area (Å²) < 4.78 is 10.6. The molecule has 2 aliphatic heterocycles. The topological polar surface area (TPSA) is 84.9 Å². The van der Waals surface area contributed by atoms with Crippen molar-refractivity contribution in [3.8, 4) is 0 Å². The van der Waals surface area contributed by atoms with Crippen LogP contribution in [-0.4, -0.2) is 45.6 Å². The van der Waals surface area contributed by atoms with Crippen molar-refractivity contribution in [2.45, 2.75) is 48.8 Å². The van der Waals surface area contributed by atoms with Gasteiger partial charge in [-0.05, 0) is 25.0 Å². The number of β-lactam (4-membered cyclic amide) rings is 1. The molecule has 2 aromatic rings. The van der Waals surface area contributed by atoms with Crippen LogP contribution in [0.15, 0.2) is 60.7 Å². The number of amides is 2. The third-order valence-electron chi connectivity index (χ3n) is 6.15. The number of benzene rings is 2. The summed E-state index contributed by atoms with van der Waals surface area (Å²) in [6.07, 6.45) is 0. The second-order valence-electron chi connectivity index (χ2n) is 8.41. The molecule has 2 amide bonds. The van der Waals surface area contributed by atoms with E-state index in [4.69, 9.17) is 9.47 Å². The molecular formula is C24H26N2O5S. The van der Waals surface area contributed by atoms with E-state index in [1.165, 1.54) is 30.7 Å². The van der Waals surface area contributed by atoms with E-state index in [2.05, 4.69) is 5.32 Å². The first-order valence-corrected chi connectivity index (χ1v) is 11.2. The predicted octanol–water partition coefficient (Wildman–Crippen LogP) is 2.80. The van der Waals surface area contributed by atoms with Crippen molar-refractivity contribution >= 4 is 29.5 Å². The summed E-state index contributed by atoms with van der Waals surface area (Å²) in [5.74, 6) is -1.50. The monoisotopic (exact) mass is 454 g/mol. The summed E-state index contributed by atoms with van der Waals surface area (Å²) in [6, 6.07) is 18.5. The van der Waals surface area contributed by atoms with E-state index in [9.17, 15) is 14.4 Å². The van der Waals surface area contributed by atoms with Crippen LogP contribution in [0.25, 0.3) is 0 Å². The Kier molecular flexibility index (Phi) is 5.55. The van der Waals surface area contributed by atoms with Gasteiger partial charge in [0.2, 0.25) is 17.2 Å². The van der Waals surface area contributed by atoms with Gasteiger partial charge in [-0.25, -0.2) is 4.79 Å². The third kappa shape index (κ3) is 3.04. The van der Waals surface area contributed by atoms with Crippen molar-refractivity contribution < 1.29 is 23.9 Å². The maximum absolute atomic E-state index is 13.7. The molecule has 4 rings (SSSR count). The molecule has 0 aliphatic carbocycles. The number of hydrogen-bond donors (Lipinski definition) is 1. The zero-order chi connectivity index (χ0) is 23.1. The quantitative estimate of drug-likeness (QED) is 0.534. The summed E-state index contributed by atoms with van der Waals surface area (Å²) in [4.78, 5) is 40.9. The van der Waals surface area contributed by atoms with E-state index in [0.29, 0.717) is 5.56 Å². The number of nitrogens with one attached hydrogen (secondary N) is 1. The van der Waals surface area contributed by atoms with Crippen LogP contribution in [0.5, 0.6) is 0 Å². The van der Waals surface area contributed by atoms with E-state index < -0.39 is 33.3 Å². The Morgan fingerprint density at radius 2 is 1.66 bits per heavy atom. The molecule has 168 valence electrons. The lowest BCUT2D eigenvalue weighted by molar-refractivity contribution is -0.211. The molecule has 2 saturated heterocycles. The highest BCUT2D eigenvalue weighted by Gasteiger charge is 2.79. The molecule has 0 radical (unpaired) electrons. The highest BCUT2D eigenvalue weighted by Crippen LogP contribution is 2.63. The fraction of sp³-hybridized carbons (Fsp3) is 0.375. The summed E-state index contributed by atoms with van der Waals surface area (Å²) in [5.41, 5.74) is -1.41. The molecule has 7 nitrogen and oxygen atoms in total. The lowest BCUT2D eigenvalue weighted by atomic mass is 9.79. The van der Waals surface area contributed by atoms with Gasteiger partial charge in [0.25, 0.3) is 5.91 Å². The minimum Gasteiger partial charge on any atom is -0.458 e. The Morgan fingerprint density at radius 3 is 2.22 bits per heavy atom. The molecule has 32 heavy (non-hydrogen) atoms. The lowest BCUT2D eigenvalue weighted by Crippen LogP contribution is -2.81. The number of thioether (sulfide) groups is 1. The van der Waals surface area contributed by atoms with E-state index in [-0.39, 0.29) is 12.5 Å². The zero-order valence-corrected chi connectivity index (χ0v) is 19.3. The van der Waals surface area contributed by atoms with Crippen LogP contribution in [0.2, 0.25) is 0 Å². The first kappa shape index (κ1) is 22.4. The molecule has 2 aliphatic rings. The summed E-state index contributed by atoms with van der Waals surface area (Å²) in [7, 11) is 1.49. The first-order valence-electron chi connectivity index (χ1n) is 10.3. The van der Waals surface area contributed by atoms with Gasteiger partial charge in [-0.15, -0.1) is 11.8 Å². The van der Waals surface area contributed by atoms with Crippen LogP contribution in [0, 0.1) is 0 Å². The van der Waals surface area contributed by atoms with Crippen molar-refractivity contribution in [2.24, 2.45) is 0 Å². The first-order chi connectivity index (χ1) is 15.2. The second kappa shape index (κ2) is 7.94. The molecule has 0 spiro atoms. The standard InChI is InChI=1S/C24H26N2O5S/c1-16(27)25-24(21(29)31-15-17-11-7-5-8-12-17)22(2,3)32-20-23(30-4,19(28)26(20)24)18-13-9-6-10-14-18/h5-14,20H,15H2,1-4H3,(H,25,27)/t20-,23?,24+/m1/s1. The van der Waals surface area contributed by atoms with Gasteiger partial charge in [-0.2, -0.15) is 0 Å². The van der Waals surface area contributed by atoms with Crippen LogP contribution >= 0.6 is 11.8 Å². The van der Waals surface area contributed by atoms with E-state index >= 15 is 0 Å². The van der Waals surface area contributed by atoms with Gasteiger partial charge < -0.3 is 14.8 Å². The fourth-order valence-corrected chi connectivity index (χ4v) is 6.39. The molecule has 0 saturated carbocycles. The van der Waals surface area contributed by atoms with Gasteiger partial charge in [0, 0.05) is 14.0 Å². The number of ether oxygens (including phenoxy) is 2. The second-order valence-corrected chi connectivity index (χ2v) is 10.1. The highest BCUT2D eigenvalue weighted by molar-refractivity contribution is 8.01. The molecule has 0 bridgehead atoms. The molecule has 1 N–H and O–H groups in total. The van der Waals surface area contributed by atoms with Crippen molar-refractivity contribution in [3.05, 3.63) is 71.8 Å². The average molecular weight is 455 g/mol. The average Bonchev–Trinajstić information content (AvgIpc) is 2.99. The van der Waals surface area contributed by atoms with Crippen LogP contribution in [-0.2, 0) is 36.1 Å². The maximum atomic E-state index is 13.7. The molecule has 2 aromatic carbocycles. The van der Waals surface area contributed by atoms with Gasteiger partial charge in [0.05, 0.1) is 4.75 Å². The van der Waals surface area contributed by atoms with Gasteiger partial charge in [-0.3, -0.25) is 14.5 Å². The number of carbonyl (C=O) groups excluding carboxylic acids is 3. The lowest BCUT2D eigenvalue weighted by Gasteiger charge is -2.55. The number of fused-ring (bicyclic) bond motifs is 1. The third-order valence-corrected chi connectivity index (χ3v) is 7.80. The molecule has 0 aromatic heterocycles. The van der Waals surface area contributed by atoms with Crippen LogP contribution in [0.3, 0.4) is 0 Å². The largest absolute Gasteiger partial charge is 0.458 e. The molecule has 2 fully saturated rings. The number of rotatable bonds is 6. The van der Waals surface area contributed by atoms with E-state index in [1.807, 2.05) is 74.5 Å². The Bertz CT molecular complexity index is 1040. The summed E-state index contributed by atoms with van der Waals surface area (Å²) >= 11 is 1.41. The number of hydrogen-bond acceptors (Lipinski definition) is 6. The Labute approximate surface area is 191 Å². The number of esters is 1. The molecule has 2 heterocycles. The molecule has 8 heteroatoms. The predicted molar refractivity (Wildman–Crippen MR) is 120 cm³/mol.